The van der Waals surface area contributed by atoms with Gasteiger partial charge in [0, 0.05) is 13.6 Å². The molecule has 0 spiro atoms. The number of nitrogens with zero attached hydrogens (tertiary/aromatic N) is 2. The third-order valence-corrected chi connectivity index (χ3v) is 2.59. The summed E-state index contributed by atoms with van der Waals surface area (Å²) in [5, 5.41) is 16.1. The Morgan fingerprint density at radius 3 is 3.00 bits per heavy atom. The molecule has 0 saturated heterocycles. The maximum atomic E-state index is 11.0. The first-order valence-corrected chi connectivity index (χ1v) is 5.53. The van der Waals surface area contributed by atoms with Crippen LogP contribution < -0.4 is 5.32 Å². The smallest absolute Gasteiger partial charge is 0.339 e. The van der Waals surface area contributed by atoms with Crippen molar-refractivity contribution in [2.45, 2.75) is 32.4 Å². The number of hydrogen-bond acceptors (Lipinski definition) is 3. The van der Waals surface area contributed by atoms with Crippen LogP contribution in [0.1, 0.15) is 35.8 Å². The second-order valence-corrected chi connectivity index (χ2v) is 3.82. The minimum atomic E-state index is -0.970. The molecule has 0 amide bonds. The summed E-state index contributed by atoms with van der Waals surface area (Å²) < 4.78 is 1.55. The van der Waals surface area contributed by atoms with Crippen molar-refractivity contribution in [3.8, 4) is 12.3 Å². The molecule has 2 N–H and O–H groups in total. The van der Waals surface area contributed by atoms with Crippen LogP contribution in [-0.4, -0.2) is 26.9 Å². The van der Waals surface area contributed by atoms with Gasteiger partial charge >= 0.3 is 5.97 Å². The van der Waals surface area contributed by atoms with Gasteiger partial charge < -0.3 is 5.11 Å². The van der Waals surface area contributed by atoms with Gasteiger partial charge in [-0.3, -0.25) is 10.00 Å². The minimum absolute atomic E-state index is 0.0310. The monoisotopic (exact) mass is 235 g/mol. The van der Waals surface area contributed by atoms with Gasteiger partial charge in [0.05, 0.1) is 17.9 Å². The molecule has 1 atom stereocenters. The van der Waals surface area contributed by atoms with Crippen molar-refractivity contribution >= 4 is 5.97 Å². The molecule has 0 bridgehead atoms. The van der Waals surface area contributed by atoms with Crippen molar-refractivity contribution in [3.05, 3.63) is 17.5 Å². The first-order valence-electron chi connectivity index (χ1n) is 5.53. The Morgan fingerprint density at radius 2 is 2.47 bits per heavy atom. The van der Waals surface area contributed by atoms with Gasteiger partial charge in [0.15, 0.2) is 0 Å². The van der Waals surface area contributed by atoms with E-state index in [4.69, 9.17) is 11.5 Å². The Balaban J connectivity index is 2.72. The van der Waals surface area contributed by atoms with Crippen molar-refractivity contribution in [1.29, 1.82) is 0 Å². The van der Waals surface area contributed by atoms with Gasteiger partial charge in [-0.15, -0.1) is 6.42 Å². The van der Waals surface area contributed by atoms with Crippen LogP contribution in [0.5, 0.6) is 0 Å². The standard InChI is InChI=1S/C12H17N3O2/c1-4-6-9(5-2)13-8-11-10(12(16)17)7-14-15(11)3/h2,7,9,13H,4,6,8H2,1,3H3,(H,16,17). The van der Waals surface area contributed by atoms with Gasteiger partial charge in [-0.25, -0.2) is 4.79 Å². The van der Waals surface area contributed by atoms with Gasteiger partial charge in [0.2, 0.25) is 0 Å². The average Bonchev–Trinajstić information content (AvgIpc) is 2.66. The van der Waals surface area contributed by atoms with Crippen molar-refractivity contribution in [2.75, 3.05) is 0 Å². The largest absolute Gasteiger partial charge is 0.478 e. The molecule has 0 aliphatic heterocycles. The Kier molecular flexibility index (Phi) is 4.73. The van der Waals surface area contributed by atoms with E-state index in [1.807, 2.05) is 0 Å². The lowest BCUT2D eigenvalue weighted by molar-refractivity contribution is 0.0695. The highest BCUT2D eigenvalue weighted by Gasteiger charge is 2.15. The van der Waals surface area contributed by atoms with E-state index in [0.717, 1.165) is 12.8 Å². The van der Waals surface area contributed by atoms with Crippen LogP contribution >= 0.6 is 0 Å². The number of aryl methyl sites for hydroxylation is 1. The maximum Gasteiger partial charge on any atom is 0.339 e. The Morgan fingerprint density at radius 1 is 1.76 bits per heavy atom. The molecule has 0 fully saturated rings. The number of terminal acetylenes is 1. The van der Waals surface area contributed by atoms with Crippen molar-refractivity contribution < 1.29 is 9.90 Å². The third kappa shape index (κ3) is 3.33. The zero-order valence-electron chi connectivity index (χ0n) is 10.1. The molecular weight excluding hydrogens is 218 g/mol. The molecule has 17 heavy (non-hydrogen) atoms. The van der Waals surface area contributed by atoms with E-state index in [1.165, 1.54) is 6.20 Å². The quantitative estimate of drug-likeness (QED) is 0.722. The highest BCUT2D eigenvalue weighted by molar-refractivity contribution is 5.88. The summed E-state index contributed by atoms with van der Waals surface area (Å²) in [6.07, 6.45) is 8.59. The van der Waals surface area contributed by atoms with E-state index in [9.17, 15) is 4.79 Å². The zero-order chi connectivity index (χ0) is 12.8. The van der Waals surface area contributed by atoms with E-state index in [2.05, 4.69) is 23.3 Å². The fourth-order valence-corrected chi connectivity index (χ4v) is 1.60. The summed E-state index contributed by atoms with van der Waals surface area (Å²) in [6.45, 7) is 2.46. The predicted octanol–water partition coefficient (Wildman–Crippen LogP) is 1.01. The predicted molar refractivity (Wildman–Crippen MR) is 64.5 cm³/mol. The molecule has 1 rings (SSSR count). The number of nitrogens with one attached hydrogen (secondary N) is 1. The molecule has 0 aliphatic carbocycles. The summed E-state index contributed by atoms with van der Waals surface area (Å²) in [4.78, 5) is 11.0. The number of aromatic nitrogens is 2. The lowest BCUT2D eigenvalue weighted by atomic mass is 10.1. The van der Waals surface area contributed by atoms with E-state index in [0.29, 0.717) is 12.2 Å². The fourth-order valence-electron chi connectivity index (χ4n) is 1.60. The molecule has 1 aromatic rings. The lowest BCUT2D eigenvalue weighted by Crippen LogP contribution is -2.28. The second-order valence-electron chi connectivity index (χ2n) is 3.82. The third-order valence-electron chi connectivity index (χ3n) is 2.59. The average molecular weight is 235 g/mol. The summed E-state index contributed by atoms with van der Waals surface area (Å²) in [7, 11) is 1.72. The zero-order valence-corrected chi connectivity index (χ0v) is 10.1. The Hall–Kier alpha value is -1.80. The molecular formula is C12H17N3O2. The first kappa shape index (κ1) is 13.3. The van der Waals surface area contributed by atoms with Crippen LogP contribution in [0.4, 0.5) is 0 Å². The lowest BCUT2D eigenvalue weighted by Gasteiger charge is -2.12. The van der Waals surface area contributed by atoms with Crippen molar-refractivity contribution in [1.82, 2.24) is 15.1 Å². The Labute approximate surface area is 101 Å². The van der Waals surface area contributed by atoms with Gasteiger partial charge in [-0.2, -0.15) is 5.10 Å². The van der Waals surface area contributed by atoms with Crippen LogP contribution in [0.15, 0.2) is 6.20 Å². The fraction of sp³-hybridized carbons (Fsp3) is 0.500. The number of carboxylic acid groups (broad SMARTS) is 1. The number of rotatable bonds is 6. The van der Waals surface area contributed by atoms with E-state index in [1.54, 1.807) is 11.7 Å². The first-order chi connectivity index (χ1) is 8.10. The molecule has 1 unspecified atom stereocenters. The van der Waals surface area contributed by atoms with E-state index in [-0.39, 0.29) is 11.6 Å². The van der Waals surface area contributed by atoms with E-state index >= 15 is 0 Å². The molecule has 0 radical (unpaired) electrons. The summed E-state index contributed by atoms with van der Waals surface area (Å²) in [5.74, 6) is 1.68. The maximum absolute atomic E-state index is 11.0. The van der Waals surface area contributed by atoms with Gasteiger partial charge in [-0.05, 0) is 6.42 Å². The Bertz CT molecular complexity index is 431. The van der Waals surface area contributed by atoms with Crippen LogP contribution in [0, 0.1) is 12.3 Å². The van der Waals surface area contributed by atoms with Gasteiger partial charge in [0.25, 0.3) is 0 Å². The molecule has 0 aliphatic rings. The highest BCUT2D eigenvalue weighted by atomic mass is 16.4. The van der Waals surface area contributed by atoms with Gasteiger partial charge in [-0.1, -0.05) is 19.3 Å². The summed E-state index contributed by atoms with van der Waals surface area (Å²) in [5.41, 5.74) is 0.848. The van der Waals surface area contributed by atoms with E-state index < -0.39 is 5.97 Å². The molecule has 1 aromatic heterocycles. The normalized spacial score (nSPS) is 12.1. The highest BCUT2D eigenvalue weighted by Crippen LogP contribution is 2.08. The molecule has 5 nitrogen and oxygen atoms in total. The SMILES string of the molecule is C#CC(CCC)NCc1c(C(=O)O)cnn1C. The van der Waals surface area contributed by atoms with Crippen LogP contribution in [0.25, 0.3) is 0 Å². The summed E-state index contributed by atoms with van der Waals surface area (Å²) in [6, 6.07) is -0.0310. The molecule has 1 heterocycles. The molecule has 5 heteroatoms. The topological polar surface area (TPSA) is 67.2 Å². The molecule has 0 saturated carbocycles. The number of carboxylic acids is 1. The van der Waals surface area contributed by atoms with Crippen LogP contribution in [0.3, 0.4) is 0 Å². The molecule has 0 aromatic carbocycles. The van der Waals surface area contributed by atoms with Crippen LogP contribution in [0.2, 0.25) is 0 Å². The van der Waals surface area contributed by atoms with Gasteiger partial charge in [0.1, 0.15) is 5.56 Å². The minimum Gasteiger partial charge on any atom is -0.478 e. The second kappa shape index (κ2) is 6.06. The molecule has 92 valence electrons. The summed E-state index contributed by atoms with van der Waals surface area (Å²) >= 11 is 0. The number of hydrogen-bond donors (Lipinski definition) is 2. The van der Waals surface area contributed by atoms with Crippen molar-refractivity contribution in [3.63, 3.8) is 0 Å². The van der Waals surface area contributed by atoms with Crippen molar-refractivity contribution in [2.24, 2.45) is 7.05 Å². The number of aromatic carboxylic acids is 1. The van der Waals surface area contributed by atoms with Crippen LogP contribution in [-0.2, 0) is 13.6 Å². The number of carbonyl (C=O) groups is 1.